The molecule has 3 aromatic rings. The number of imidazole rings is 1. The summed E-state index contributed by atoms with van der Waals surface area (Å²) in [6.45, 7) is 7.37. The van der Waals surface area contributed by atoms with E-state index in [1.807, 2.05) is 13.0 Å². The maximum atomic E-state index is 5.91. The molecule has 22 heavy (non-hydrogen) atoms. The minimum atomic E-state index is 0.715. The van der Waals surface area contributed by atoms with Crippen LogP contribution in [0.1, 0.15) is 5.69 Å². The van der Waals surface area contributed by atoms with Gasteiger partial charge in [-0.3, -0.25) is 9.30 Å². The molecule has 0 bridgehead atoms. The van der Waals surface area contributed by atoms with Crippen LogP contribution < -0.4 is 4.74 Å². The van der Waals surface area contributed by atoms with E-state index in [1.165, 1.54) is 10.2 Å². The summed E-state index contributed by atoms with van der Waals surface area (Å²) in [5, 5.41) is 0. The zero-order valence-electron chi connectivity index (χ0n) is 12.6. The van der Waals surface area contributed by atoms with E-state index < -0.39 is 0 Å². The summed E-state index contributed by atoms with van der Waals surface area (Å²) in [6, 6.07) is 6.27. The second kappa shape index (κ2) is 5.87. The van der Waals surface area contributed by atoms with E-state index in [1.54, 1.807) is 11.3 Å². The van der Waals surface area contributed by atoms with Crippen LogP contribution in [0.3, 0.4) is 0 Å². The van der Waals surface area contributed by atoms with Crippen LogP contribution in [0.4, 0.5) is 0 Å². The number of aryl methyl sites for hydroxylation is 1. The zero-order valence-corrected chi connectivity index (χ0v) is 13.4. The molecule has 5 nitrogen and oxygen atoms in total. The van der Waals surface area contributed by atoms with Gasteiger partial charge in [0.15, 0.2) is 4.96 Å². The molecule has 1 saturated heterocycles. The molecule has 0 saturated carbocycles. The normalized spacial score (nSPS) is 16.6. The van der Waals surface area contributed by atoms with Crippen molar-refractivity contribution in [2.75, 3.05) is 39.5 Å². The molecule has 0 atom stereocenters. The molecule has 0 radical (unpaired) electrons. The van der Waals surface area contributed by atoms with Gasteiger partial charge in [-0.15, -0.1) is 0 Å². The highest BCUT2D eigenvalue weighted by Crippen LogP contribution is 2.29. The van der Waals surface area contributed by atoms with Gasteiger partial charge in [0.1, 0.15) is 12.4 Å². The molecular formula is C16H19N3O2S. The smallest absolute Gasteiger partial charge is 0.194 e. The van der Waals surface area contributed by atoms with Crippen LogP contribution >= 0.6 is 11.3 Å². The van der Waals surface area contributed by atoms with Gasteiger partial charge in [-0.05, 0) is 25.1 Å². The minimum absolute atomic E-state index is 0.715. The van der Waals surface area contributed by atoms with Crippen molar-refractivity contribution >= 4 is 26.5 Å². The Bertz CT molecular complexity index is 789. The lowest BCUT2D eigenvalue weighted by molar-refractivity contribution is 0.0322. The number of morpholine rings is 1. The number of hydrogen-bond donors (Lipinski definition) is 0. The van der Waals surface area contributed by atoms with Crippen molar-refractivity contribution in [2.45, 2.75) is 6.92 Å². The van der Waals surface area contributed by atoms with E-state index in [-0.39, 0.29) is 0 Å². The van der Waals surface area contributed by atoms with Crippen LogP contribution in [0.25, 0.3) is 15.2 Å². The Kier molecular flexibility index (Phi) is 3.73. The number of ether oxygens (including phenoxy) is 2. The lowest BCUT2D eigenvalue weighted by atomic mass is 10.3. The second-order valence-electron chi connectivity index (χ2n) is 5.57. The van der Waals surface area contributed by atoms with E-state index in [4.69, 9.17) is 9.47 Å². The number of fused-ring (bicyclic) bond motifs is 3. The number of rotatable bonds is 4. The summed E-state index contributed by atoms with van der Waals surface area (Å²) < 4.78 is 14.6. The summed E-state index contributed by atoms with van der Waals surface area (Å²) in [5.74, 6) is 0.932. The molecule has 1 fully saturated rings. The van der Waals surface area contributed by atoms with Gasteiger partial charge in [-0.25, -0.2) is 4.98 Å². The van der Waals surface area contributed by atoms with Crippen LogP contribution in [-0.4, -0.2) is 53.7 Å². The average molecular weight is 317 g/mol. The molecule has 0 spiro atoms. The third-order valence-corrected chi connectivity index (χ3v) is 4.98. The Hall–Kier alpha value is -1.63. The van der Waals surface area contributed by atoms with Crippen LogP contribution in [0, 0.1) is 6.92 Å². The highest BCUT2D eigenvalue weighted by molar-refractivity contribution is 7.23. The number of benzene rings is 1. The van der Waals surface area contributed by atoms with Gasteiger partial charge in [-0.1, -0.05) is 11.3 Å². The van der Waals surface area contributed by atoms with E-state index in [0.29, 0.717) is 6.61 Å². The number of hydrogen-bond acceptors (Lipinski definition) is 5. The molecule has 6 heteroatoms. The molecule has 1 aliphatic heterocycles. The van der Waals surface area contributed by atoms with Crippen molar-refractivity contribution in [1.82, 2.24) is 14.3 Å². The molecule has 1 aliphatic rings. The summed E-state index contributed by atoms with van der Waals surface area (Å²) in [7, 11) is 0. The van der Waals surface area contributed by atoms with Crippen molar-refractivity contribution in [3.63, 3.8) is 0 Å². The van der Waals surface area contributed by atoms with Gasteiger partial charge in [0.25, 0.3) is 0 Å². The summed E-state index contributed by atoms with van der Waals surface area (Å²) in [5.41, 5.74) is 2.25. The van der Waals surface area contributed by atoms with Crippen molar-refractivity contribution in [3.05, 3.63) is 30.1 Å². The van der Waals surface area contributed by atoms with Crippen LogP contribution in [-0.2, 0) is 4.74 Å². The van der Waals surface area contributed by atoms with Crippen molar-refractivity contribution in [3.8, 4) is 5.75 Å². The van der Waals surface area contributed by atoms with Crippen molar-refractivity contribution in [1.29, 1.82) is 0 Å². The Balaban J connectivity index is 1.45. The zero-order chi connectivity index (χ0) is 14.9. The van der Waals surface area contributed by atoms with Crippen molar-refractivity contribution in [2.24, 2.45) is 0 Å². The predicted molar refractivity (Wildman–Crippen MR) is 88.1 cm³/mol. The Morgan fingerprint density at radius 2 is 2.18 bits per heavy atom. The van der Waals surface area contributed by atoms with E-state index in [9.17, 15) is 0 Å². The fourth-order valence-corrected chi connectivity index (χ4v) is 3.88. The Morgan fingerprint density at radius 1 is 1.32 bits per heavy atom. The molecule has 0 amide bonds. The molecule has 1 aromatic carbocycles. The third-order valence-electron chi connectivity index (χ3n) is 3.97. The molecular weight excluding hydrogens is 298 g/mol. The molecule has 4 rings (SSSR count). The first kappa shape index (κ1) is 14.0. The van der Waals surface area contributed by atoms with Gasteiger partial charge in [0.2, 0.25) is 0 Å². The first-order chi connectivity index (χ1) is 10.8. The summed E-state index contributed by atoms with van der Waals surface area (Å²) >= 11 is 1.70. The minimum Gasteiger partial charge on any atom is -0.492 e. The van der Waals surface area contributed by atoms with Gasteiger partial charge >= 0.3 is 0 Å². The van der Waals surface area contributed by atoms with E-state index >= 15 is 0 Å². The van der Waals surface area contributed by atoms with Gasteiger partial charge in [-0.2, -0.15) is 0 Å². The maximum Gasteiger partial charge on any atom is 0.194 e. The molecule has 3 heterocycles. The lowest BCUT2D eigenvalue weighted by Gasteiger charge is -2.26. The number of thiazole rings is 1. The third kappa shape index (κ3) is 2.69. The van der Waals surface area contributed by atoms with Crippen LogP contribution in [0.5, 0.6) is 5.75 Å². The molecule has 2 aromatic heterocycles. The van der Waals surface area contributed by atoms with Crippen LogP contribution in [0.15, 0.2) is 24.4 Å². The quantitative estimate of drug-likeness (QED) is 0.741. The first-order valence-corrected chi connectivity index (χ1v) is 8.42. The standard InChI is InChI=1S/C16H19N3O2S/c1-12-11-19-14-3-2-13(10-15(14)22-16(19)17-12)21-9-6-18-4-7-20-8-5-18/h2-3,10-11H,4-9H2,1H3. The molecule has 0 aliphatic carbocycles. The average Bonchev–Trinajstić information content (AvgIpc) is 3.03. The Morgan fingerprint density at radius 3 is 3.05 bits per heavy atom. The van der Waals surface area contributed by atoms with Gasteiger partial charge < -0.3 is 9.47 Å². The summed E-state index contributed by atoms with van der Waals surface area (Å²) in [6.07, 6.45) is 2.08. The van der Waals surface area contributed by atoms with E-state index in [0.717, 1.165) is 49.3 Å². The number of aromatic nitrogens is 2. The Labute approximate surface area is 133 Å². The molecule has 0 unspecified atom stereocenters. The predicted octanol–water partition coefficient (Wildman–Crippen LogP) is 2.57. The fourth-order valence-electron chi connectivity index (χ4n) is 2.80. The van der Waals surface area contributed by atoms with Crippen LogP contribution in [0.2, 0.25) is 0 Å². The van der Waals surface area contributed by atoms with Gasteiger partial charge in [0.05, 0.1) is 29.1 Å². The topological polar surface area (TPSA) is 39.0 Å². The monoisotopic (exact) mass is 317 g/mol. The summed E-state index contributed by atoms with van der Waals surface area (Å²) in [4.78, 5) is 7.94. The highest BCUT2D eigenvalue weighted by atomic mass is 32.1. The van der Waals surface area contributed by atoms with E-state index in [2.05, 4.69) is 32.6 Å². The lowest BCUT2D eigenvalue weighted by Crippen LogP contribution is -2.38. The first-order valence-electron chi connectivity index (χ1n) is 7.61. The largest absolute Gasteiger partial charge is 0.492 e. The van der Waals surface area contributed by atoms with Gasteiger partial charge in [0, 0.05) is 25.8 Å². The molecule has 0 N–H and O–H groups in total. The molecule has 116 valence electrons. The van der Waals surface area contributed by atoms with Crippen molar-refractivity contribution < 1.29 is 9.47 Å². The highest BCUT2D eigenvalue weighted by Gasteiger charge is 2.11. The maximum absolute atomic E-state index is 5.91. The second-order valence-corrected chi connectivity index (χ2v) is 6.58. The fraction of sp³-hybridized carbons (Fsp3) is 0.438. The number of nitrogens with zero attached hydrogens (tertiary/aromatic N) is 3. The SMILES string of the molecule is Cc1cn2c(n1)sc1cc(OCCN3CCOCC3)ccc12.